The van der Waals surface area contributed by atoms with Gasteiger partial charge < -0.3 is 20.1 Å². The molecule has 8 nitrogen and oxygen atoms in total. The first-order valence-corrected chi connectivity index (χ1v) is 13.9. The number of nitrogens with zero attached hydrogens (tertiary/aromatic N) is 2. The van der Waals surface area contributed by atoms with E-state index >= 15 is 0 Å². The number of likely N-dealkylation sites (tertiary alicyclic amines) is 1. The summed E-state index contributed by atoms with van der Waals surface area (Å²) in [6.45, 7) is 2.78. The molecule has 210 valence electrons. The van der Waals surface area contributed by atoms with Crippen molar-refractivity contribution in [3.05, 3.63) is 59.7 Å². The number of carboxylic acids is 1. The number of benzene rings is 2. The number of hydrogen-bond acceptors (Lipinski definition) is 5. The summed E-state index contributed by atoms with van der Waals surface area (Å²) < 4.78 is 5.84. The molecule has 2 heterocycles. The number of carbonyl (C=O) groups is 3. The van der Waals surface area contributed by atoms with Crippen molar-refractivity contribution in [1.29, 1.82) is 0 Å². The molecule has 0 radical (unpaired) electrons. The van der Waals surface area contributed by atoms with E-state index in [4.69, 9.17) is 9.84 Å². The summed E-state index contributed by atoms with van der Waals surface area (Å²) in [5.74, 6) is 0.965. The van der Waals surface area contributed by atoms with E-state index in [2.05, 4.69) is 10.2 Å². The largest absolute Gasteiger partial charge is 0.478 e. The number of halogens is 1. The average molecular weight is 556 g/mol. The molecule has 3 aliphatic rings. The van der Waals surface area contributed by atoms with E-state index in [0.29, 0.717) is 17.4 Å². The minimum absolute atomic E-state index is 0. The molecular formula is C30H38ClN3O5. The van der Waals surface area contributed by atoms with Gasteiger partial charge in [-0.25, -0.2) is 4.79 Å². The third-order valence-electron chi connectivity index (χ3n) is 8.19. The van der Waals surface area contributed by atoms with Crippen LogP contribution in [0.3, 0.4) is 0 Å². The Morgan fingerprint density at radius 1 is 0.897 bits per heavy atom. The zero-order valence-corrected chi connectivity index (χ0v) is 23.0. The molecule has 0 aromatic heterocycles. The smallest absolute Gasteiger partial charge is 0.335 e. The lowest BCUT2D eigenvalue weighted by Crippen LogP contribution is -2.62. The Morgan fingerprint density at radius 2 is 1.51 bits per heavy atom. The second-order valence-corrected chi connectivity index (χ2v) is 10.9. The maximum atomic E-state index is 13.3. The van der Waals surface area contributed by atoms with Gasteiger partial charge in [-0.05, 0) is 67.1 Å². The fourth-order valence-electron chi connectivity index (χ4n) is 6.07. The lowest BCUT2D eigenvalue weighted by molar-refractivity contribution is -0.148. The zero-order chi connectivity index (χ0) is 26.5. The van der Waals surface area contributed by atoms with Crippen molar-refractivity contribution in [3.8, 4) is 11.5 Å². The highest BCUT2D eigenvalue weighted by Crippen LogP contribution is 2.29. The molecule has 1 aliphatic carbocycles. The number of ether oxygens (including phenoxy) is 1. The zero-order valence-electron chi connectivity index (χ0n) is 22.2. The molecule has 2 N–H and O–H groups in total. The van der Waals surface area contributed by atoms with Crippen LogP contribution in [0.5, 0.6) is 11.5 Å². The summed E-state index contributed by atoms with van der Waals surface area (Å²) in [6.07, 6.45) is 8.64. The van der Waals surface area contributed by atoms with Gasteiger partial charge in [0.05, 0.1) is 12.1 Å². The molecule has 2 saturated heterocycles. The van der Waals surface area contributed by atoms with Crippen molar-refractivity contribution >= 4 is 30.2 Å². The van der Waals surface area contributed by atoms with Crippen LogP contribution in [-0.2, 0) is 16.1 Å². The van der Waals surface area contributed by atoms with Gasteiger partial charge in [-0.2, -0.15) is 0 Å². The molecule has 2 aromatic carbocycles. The highest BCUT2D eigenvalue weighted by molar-refractivity contribution is 5.95. The van der Waals surface area contributed by atoms with Crippen LogP contribution >= 0.6 is 12.4 Å². The van der Waals surface area contributed by atoms with E-state index in [1.54, 1.807) is 12.1 Å². The number of carbonyl (C=O) groups excluding carboxylic acids is 2. The van der Waals surface area contributed by atoms with Gasteiger partial charge in [0.1, 0.15) is 17.5 Å². The topological polar surface area (TPSA) is 99.2 Å². The van der Waals surface area contributed by atoms with Crippen molar-refractivity contribution < 1.29 is 24.2 Å². The van der Waals surface area contributed by atoms with Crippen LogP contribution in [0, 0.1) is 5.92 Å². The van der Waals surface area contributed by atoms with E-state index in [-0.39, 0.29) is 48.4 Å². The third-order valence-corrected chi connectivity index (χ3v) is 8.19. The number of piperidine rings is 1. The van der Waals surface area contributed by atoms with Crippen LogP contribution in [0.1, 0.15) is 67.3 Å². The first-order chi connectivity index (χ1) is 18.4. The fourth-order valence-corrected chi connectivity index (χ4v) is 6.07. The first-order valence-electron chi connectivity index (χ1n) is 13.9. The number of aromatic carboxylic acids is 1. The Balaban J connectivity index is 0.00000353. The van der Waals surface area contributed by atoms with Crippen LogP contribution < -0.4 is 10.1 Å². The molecule has 2 amide bonds. The molecule has 1 saturated carbocycles. The van der Waals surface area contributed by atoms with Crippen molar-refractivity contribution in [1.82, 2.24) is 15.1 Å². The average Bonchev–Trinajstić information content (AvgIpc) is 2.93. The van der Waals surface area contributed by atoms with Gasteiger partial charge in [0, 0.05) is 25.7 Å². The van der Waals surface area contributed by atoms with Crippen molar-refractivity contribution in [2.75, 3.05) is 19.6 Å². The Morgan fingerprint density at radius 3 is 2.13 bits per heavy atom. The van der Waals surface area contributed by atoms with E-state index < -0.39 is 5.97 Å². The molecule has 39 heavy (non-hydrogen) atoms. The molecule has 1 atom stereocenters. The Labute approximate surface area is 236 Å². The summed E-state index contributed by atoms with van der Waals surface area (Å²) >= 11 is 0. The highest BCUT2D eigenvalue weighted by Gasteiger charge is 2.38. The number of rotatable bonds is 8. The van der Waals surface area contributed by atoms with Gasteiger partial charge in [-0.15, -0.1) is 12.4 Å². The molecule has 2 aromatic rings. The number of piperazine rings is 1. The molecule has 5 rings (SSSR count). The van der Waals surface area contributed by atoms with Crippen molar-refractivity contribution in [2.24, 2.45) is 5.92 Å². The summed E-state index contributed by atoms with van der Waals surface area (Å²) in [6, 6.07) is 14.0. The molecule has 9 heteroatoms. The quantitative estimate of drug-likeness (QED) is 0.482. The van der Waals surface area contributed by atoms with E-state index in [1.807, 2.05) is 29.2 Å². The highest BCUT2D eigenvalue weighted by atomic mass is 35.5. The van der Waals surface area contributed by atoms with Gasteiger partial charge in [-0.3, -0.25) is 14.5 Å². The van der Waals surface area contributed by atoms with Crippen LogP contribution in [-0.4, -0.2) is 64.4 Å². The summed E-state index contributed by atoms with van der Waals surface area (Å²) in [5, 5.41) is 12.0. The van der Waals surface area contributed by atoms with Crippen LogP contribution in [0.15, 0.2) is 48.5 Å². The Bertz CT molecular complexity index is 1130. The van der Waals surface area contributed by atoms with Gasteiger partial charge in [-0.1, -0.05) is 44.2 Å². The molecule has 0 bridgehead atoms. The second kappa shape index (κ2) is 13.3. The molecule has 0 spiro atoms. The third kappa shape index (κ3) is 7.51. The van der Waals surface area contributed by atoms with Crippen molar-refractivity contribution in [3.63, 3.8) is 0 Å². The molecular weight excluding hydrogens is 518 g/mol. The van der Waals surface area contributed by atoms with Crippen LogP contribution in [0.2, 0.25) is 0 Å². The maximum absolute atomic E-state index is 13.3. The maximum Gasteiger partial charge on any atom is 0.335 e. The van der Waals surface area contributed by atoms with E-state index in [1.165, 1.54) is 49.8 Å². The lowest BCUT2D eigenvalue weighted by atomic mass is 9.84. The van der Waals surface area contributed by atoms with E-state index in [9.17, 15) is 14.4 Å². The molecule has 3 fully saturated rings. The van der Waals surface area contributed by atoms with Gasteiger partial charge in [0.15, 0.2) is 0 Å². The normalized spacial score (nSPS) is 21.2. The predicted molar refractivity (Wildman–Crippen MR) is 150 cm³/mol. The van der Waals surface area contributed by atoms with Crippen LogP contribution in [0.25, 0.3) is 0 Å². The fraction of sp³-hybridized carbons (Fsp3) is 0.500. The molecule has 2 aliphatic heterocycles. The minimum atomic E-state index is -0.961. The number of hydrogen-bond donors (Lipinski definition) is 2. The monoisotopic (exact) mass is 555 g/mol. The first kappa shape index (κ1) is 28.9. The standard InChI is InChI=1S/C30H37N3O5.ClH/c34-28-20-33(29(35)27(31-28)18-21-4-2-1-3-5-21)24-14-16-32(17-15-24)19-22-6-10-25(11-7-22)38-26-12-8-23(9-13-26)30(36)37;/h6-13,21,24,27H,1-5,14-20H2,(H,31,34)(H,36,37);1H/t27-;/m0./s1. The number of nitrogens with one attached hydrogen (secondary N) is 1. The summed E-state index contributed by atoms with van der Waals surface area (Å²) in [4.78, 5) is 41.0. The van der Waals surface area contributed by atoms with Gasteiger partial charge in [0.2, 0.25) is 11.8 Å². The molecule has 0 unspecified atom stereocenters. The second-order valence-electron chi connectivity index (χ2n) is 10.9. The number of amides is 2. The SMILES string of the molecule is Cl.O=C1CN(C2CCN(Cc3ccc(Oc4ccc(C(=O)O)cc4)cc3)CC2)C(=O)[C@H](CC2CCCCC2)N1. The summed E-state index contributed by atoms with van der Waals surface area (Å²) in [7, 11) is 0. The Kier molecular flexibility index (Phi) is 9.86. The Hall–Kier alpha value is -3.10. The van der Waals surface area contributed by atoms with Gasteiger partial charge >= 0.3 is 5.97 Å². The predicted octanol–water partition coefficient (Wildman–Crippen LogP) is 4.86. The van der Waals surface area contributed by atoms with E-state index in [0.717, 1.165) is 38.9 Å². The summed E-state index contributed by atoms with van der Waals surface area (Å²) in [5.41, 5.74) is 1.40. The van der Waals surface area contributed by atoms with Crippen molar-refractivity contribution in [2.45, 2.75) is 70.0 Å². The van der Waals surface area contributed by atoms with Gasteiger partial charge in [0.25, 0.3) is 0 Å². The lowest BCUT2D eigenvalue weighted by Gasteiger charge is -2.42. The van der Waals surface area contributed by atoms with Crippen LogP contribution in [0.4, 0.5) is 0 Å². The number of carboxylic acid groups (broad SMARTS) is 1. The minimum Gasteiger partial charge on any atom is -0.478 e.